The molecule has 0 aliphatic heterocycles. The largest absolute Gasteiger partial charge is 0.352 e. The number of nitrogens with zero attached hydrogens (tertiary/aromatic N) is 3. The van der Waals surface area contributed by atoms with E-state index in [1.54, 1.807) is 0 Å². The Morgan fingerprint density at radius 3 is 2.58 bits per heavy atom. The van der Waals surface area contributed by atoms with Crippen LogP contribution in [0, 0.1) is 5.82 Å². The van der Waals surface area contributed by atoms with Crippen LogP contribution in [0.15, 0.2) is 29.6 Å². The van der Waals surface area contributed by atoms with Gasteiger partial charge in [-0.2, -0.15) is 0 Å². The first kappa shape index (κ1) is 16.5. The lowest BCUT2D eigenvalue weighted by atomic mass is 10.2. The van der Waals surface area contributed by atoms with Gasteiger partial charge >= 0.3 is 0 Å². The second kappa shape index (κ2) is 7.48. The smallest absolute Gasteiger partial charge is 0.280 e. The summed E-state index contributed by atoms with van der Waals surface area (Å²) < 4.78 is 16.8. The summed E-state index contributed by atoms with van der Waals surface area (Å²) in [5, 5.41) is 8.23. The van der Waals surface area contributed by atoms with Gasteiger partial charge in [-0.1, -0.05) is 17.3 Å². The van der Waals surface area contributed by atoms with Crippen LogP contribution in [0.4, 0.5) is 10.1 Å². The molecular weight excluding hydrogens is 331 g/mol. The van der Waals surface area contributed by atoms with E-state index in [1.165, 1.54) is 34.5 Å². The zero-order valence-electron chi connectivity index (χ0n) is 12.9. The molecular formula is C16H17FN4O2S. The zero-order chi connectivity index (χ0) is 16.9. The average Bonchev–Trinajstić information content (AvgIpc) is 3.26. The minimum absolute atomic E-state index is 0.140. The van der Waals surface area contributed by atoms with Gasteiger partial charge in [0.15, 0.2) is 5.69 Å². The van der Waals surface area contributed by atoms with Crippen molar-refractivity contribution in [3.05, 3.63) is 41.2 Å². The van der Waals surface area contributed by atoms with E-state index in [2.05, 4.69) is 14.9 Å². The lowest BCUT2D eigenvalue weighted by molar-refractivity contribution is -0.120. The molecule has 1 heterocycles. The van der Waals surface area contributed by atoms with Crippen LogP contribution in [0.1, 0.15) is 36.2 Å². The minimum Gasteiger partial charge on any atom is -0.352 e. The van der Waals surface area contributed by atoms with E-state index < -0.39 is 11.7 Å². The van der Waals surface area contributed by atoms with Crippen LogP contribution >= 0.6 is 11.5 Å². The summed E-state index contributed by atoms with van der Waals surface area (Å²) in [7, 11) is 0. The fourth-order valence-electron chi connectivity index (χ4n) is 2.78. The molecule has 1 aromatic heterocycles. The van der Waals surface area contributed by atoms with E-state index in [-0.39, 0.29) is 24.2 Å². The molecule has 8 heteroatoms. The van der Waals surface area contributed by atoms with E-state index in [0.717, 1.165) is 37.2 Å². The Bertz CT molecular complexity index is 699. The zero-order valence-corrected chi connectivity index (χ0v) is 13.8. The van der Waals surface area contributed by atoms with Crippen molar-refractivity contribution in [1.82, 2.24) is 14.9 Å². The first-order valence-corrected chi connectivity index (χ1v) is 8.61. The predicted molar refractivity (Wildman–Crippen MR) is 88.4 cm³/mol. The van der Waals surface area contributed by atoms with E-state index in [0.29, 0.717) is 5.69 Å². The summed E-state index contributed by atoms with van der Waals surface area (Å²) in [5.74, 6) is -1.07. The second-order valence-corrected chi connectivity index (χ2v) is 6.32. The lowest BCUT2D eigenvalue weighted by Gasteiger charge is -2.22. The SMILES string of the molecule is O=C(CN(C(=O)c1csnn1)c1ccc(F)cc1)NC1CCCC1. The number of carbonyl (C=O) groups is 2. The molecule has 24 heavy (non-hydrogen) atoms. The molecule has 1 saturated carbocycles. The van der Waals surface area contributed by atoms with Gasteiger partial charge in [-0.3, -0.25) is 14.5 Å². The highest BCUT2D eigenvalue weighted by molar-refractivity contribution is 7.03. The van der Waals surface area contributed by atoms with Gasteiger partial charge < -0.3 is 5.32 Å². The predicted octanol–water partition coefficient (Wildman–Crippen LogP) is 2.38. The van der Waals surface area contributed by atoms with E-state index >= 15 is 0 Å². The molecule has 0 bridgehead atoms. The first-order valence-electron chi connectivity index (χ1n) is 7.77. The average molecular weight is 348 g/mol. The van der Waals surface area contributed by atoms with Gasteiger partial charge in [-0.25, -0.2) is 4.39 Å². The number of hydrogen-bond donors (Lipinski definition) is 1. The quantitative estimate of drug-likeness (QED) is 0.900. The number of benzene rings is 1. The molecule has 0 saturated heterocycles. The van der Waals surface area contributed by atoms with Crippen LogP contribution in [0.5, 0.6) is 0 Å². The molecule has 1 N–H and O–H groups in total. The summed E-state index contributed by atoms with van der Waals surface area (Å²) in [6.07, 6.45) is 4.14. The Kier molecular flexibility index (Phi) is 5.14. The summed E-state index contributed by atoms with van der Waals surface area (Å²) in [5.41, 5.74) is 0.606. The Morgan fingerprint density at radius 2 is 1.96 bits per heavy atom. The van der Waals surface area contributed by atoms with Gasteiger partial charge in [-0.15, -0.1) is 5.10 Å². The Morgan fingerprint density at radius 1 is 1.25 bits per heavy atom. The van der Waals surface area contributed by atoms with E-state index in [1.807, 2.05) is 0 Å². The normalized spacial score (nSPS) is 14.5. The topological polar surface area (TPSA) is 75.2 Å². The summed E-state index contributed by atoms with van der Waals surface area (Å²) in [4.78, 5) is 26.2. The van der Waals surface area contributed by atoms with Gasteiger partial charge in [0.25, 0.3) is 5.91 Å². The number of nitrogens with one attached hydrogen (secondary N) is 1. The molecule has 0 spiro atoms. The number of amides is 2. The molecule has 0 radical (unpaired) electrons. The maximum absolute atomic E-state index is 13.2. The molecule has 126 valence electrons. The molecule has 3 rings (SSSR count). The molecule has 2 amide bonds. The van der Waals surface area contributed by atoms with Crippen LogP contribution in [0.2, 0.25) is 0 Å². The summed E-state index contributed by atoms with van der Waals surface area (Å²) in [6, 6.07) is 5.61. The van der Waals surface area contributed by atoms with Crippen molar-refractivity contribution in [1.29, 1.82) is 0 Å². The molecule has 6 nitrogen and oxygen atoms in total. The van der Waals surface area contributed by atoms with E-state index in [9.17, 15) is 14.0 Å². The number of anilines is 1. The minimum atomic E-state index is -0.433. The Labute approximate surface area is 142 Å². The highest BCUT2D eigenvalue weighted by Crippen LogP contribution is 2.19. The molecule has 0 unspecified atom stereocenters. The van der Waals surface area contributed by atoms with Crippen molar-refractivity contribution >= 4 is 29.0 Å². The van der Waals surface area contributed by atoms with Crippen molar-refractivity contribution in [2.24, 2.45) is 0 Å². The molecule has 1 aliphatic carbocycles. The van der Waals surface area contributed by atoms with Gasteiger partial charge in [0, 0.05) is 17.1 Å². The monoisotopic (exact) mass is 348 g/mol. The third-order valence-corrected chi connectivity index (χ3v) is 4.49. The Balaban J connectivity index is 1.77. The second-order valence-electron chi connectivity index (χ2n) is 5.71. The Hall–Kier alpha value is -2.35. The van der Waals surface area contributed by atoms with Crippen LogP contribution in [0.3, 0.4) is 0 Å². The lowest BCUT2D eigenvalue weighted by Crippen LogP contribution is -2.43. The molecule has 2 aromatic rings. The van der Waals surface area contributed by atoms with Crippen molar-refractivity contribution in [3.63, 3.8) is 0 Å². The third-order valence-electron chi connectivity index (χ3n) is 3.98. The third kappa shape index (κ3) is 3.94. The fourth-order valence-corrected chi connectivity index (χ4v) is 3.21. The number of hydrogen-bond acceptors (Lipinski definition) is 5. The molecule has 0 atom stereocenters. The summed E-state index contributed by atoms with van der Waals surface area (Å²) in [6.45, 7) is -0.140. The summed E-state index contributed by atoms with van der Waals surface area (Å²) >= 11 is 1.06. The maximum atomic E-state index is 13.2. The van der Waals surface area contributed by atoms with Gasteiger partial charge in [-0.05, 0) is 48.6 Å². The fraction of sp³-hybridized carbons (Fsp3) is 0.375. The van der Waals surface area contributed by atoms with Gasteiger partial charge in [0.2, 0.25) is 5.91 Å². The van der Waals surface area contributed by atoms with Crippen molar-refractivity contribution in [3.8, 4) is 0 Å². The molecule has 1 aromatic carbocycles. The van der Waals surface area contributed by atoms with Crippen LogP contribution in [-0.2, 0) is 4.79 Å². The molecule has 1 aliphatic rings. The molecule has 1 fully saturated rings. The van der Waals surface area contributed by atoms with Gasteiger partial charge in [0.1, 0.15) is 12.4 Å². The standard InChI is InChI=1S/C16H17FN4O2S/c17-11-5-7-13(8-6-11)21(16(23)14-10-24-20-19-14)9-15(22)18-12-3-1-2-4-12/h5-8,10,12H,1-4,9H2,(H,18,22). The van der Waals surface area contributed by atoms with E-state index in [4.69, 9.17) is 0 Å². The number of carbonyl (C=O) groups excluding carboxylic acids is 2. The number of rotatable bonds is 5. The van der Waals surface area contributed by atoms with Crippen molar-refractivity contribution in [2.45, 2.75) is 31.7 Å². The highest BCUT2D eigenvalue weighted by Gasteiger charge is 2.24. The van der Waals surface area contributed by atoms with Crippen LogP contribution < -0.4 is 10.2 Å². The number of aromatic nitrogens is 2. The maximum Gasteiger partial charge on any atom is 0.280 e. The van der Waals surface area contributed by atoms with Crippen molar-refractivity contribution < 1.29 is 14.0 Å². The number of halogens is 1. The highest BCUT2D eigenvalue weighted by atomic mass is 32.1. The van der Waals surface area contributed by atoms with Gasteiger partial charge in [0.05, 0.1) is 0 Å². The van der Waals surface area contributed by atoms with Crippen LogP contribution in [0.25, 0.3) is 0 Å². The van der Waals surface area contributed by atoms with Crippen molar-refractivity contribution in [2.75, 3.05) is 11.4 Å². The van der Waals surface area contributed by atoms with Crippen LogP contribution in [-0.4, -0.2) is 34.0 Å². The first-order chi connectivity index (χ1) is 11.6.